The maximum absolute atomic E-state index is 12.3. The minimum absolute atomic E-state index is 0.0959. The maximum Gasteiger partial charge on any atom is 0.251 e. The van der Waals surface area contributed by atoms with Crippen LogP contribution >= 0.6 is 11.3 Å². The van der Waals surface area contributed by atoms with Gasteiger partial charge in [-0.05, 0) is 62.4 Å². The van der Waals surface area contributed by atoms with Crippen molar-refractivity contribution in [3.8, 4) is 5.75 Å². The Morgan fingerprint density at radius 2 is 1.93 bits per heavy atom. The van der Waals surface area contributed by atoms with Gasteiger partial charge in [-0.3, -0.25) is 4.79 Å². The topological polar surface area (TPSA) is 76.1 Å². The average molecular weight is 397 g/mol. The fourth-order valence-electron chi connectivity index (χ4n) is 3.59. The summed E-state index contributed by atoms with van der Waals surface area (Å²) in [6.07, 6.45) is 4.73. The lowest BCUT2D eigenvalue weighted by Gasteiger charge is -2.13. The van der Waals surface area contributed by atoms with Crippen molar-refractivity contribution in [1.82, 2.24) is 15.3 Å². The summed E-state index contributed by atoms with van der Waals surface area (Å²) in [5.41, 5.74) is 2.03. The summed E-state index contributed by atoms with van der Waals surface area (Å²) in [5, 5.41) is 7.53. The highest BCUT2D eigenvalue weighted by Gasteiger charge is 2.20. The number of hydrogen-bond acceptors (Lipinski definition) is 6. The number of carbonyl (C=O) groups is 1. The molecule has 0 saturated heterocycles. The lowest BCUT2D eigenvalue weighted by Crippen LogP contribution is -2.29. The molecule has 2 heterocycles. The lowest BCUT2D eigenvalue weighted by atomic mass is 9.97. The first kappa shape index (κ1) is 18.7. The molecular formula is C21H24N4O2S. The molecule has 0 unspecified atom stereocenters. The predicted octanol–water partition coefficient (Wildman–Crippen LogP) is 3.73. The third-order valence-corrected chi connectivity index (χ3v) is 6.17. The first-order valence-electron chi connectivity index (χ1n) is 9.60. The summed E-state index contributed by atoms with van der Waals surface area (Å²) in [4.78, 5) is 24.1. The van der Waals surface area contributed by atoms with E-state index in [1.165, 1.54) is 28.7 Å². The Bertz CT molecular complexity index is 998. The van der Waals surface area contributed by atoms with Crippen LogP contribution in [0.1, 0.15) is 39.5 Å². The van der Waals surface area contributed by atoms with Crippen LogP contribution in [0, 0.1) is 6.92 Å². The second-order valence-electron chi connectivity index (χ2n) is 6.92. The van der Waals surface area contributed by atoms with Crippen LogP contribution in [-0.4, -0.2) is 36.1 Å². The summed E-state index contributed by atoms with van der Waals surface area (Å²) in [6, 6.07) is 7.09. The van der Waals surface area contributed by atoms with Crippen LogP contribution in [0.25, 0.3) is 10.2 Å². The monoisotopic (exact) mass is 396 g/mol. The predicted molar refractivity (Wildman–Crippen MR) is 113 cm³/mol. The smallest absolute Gasteiger partial charge is 0.251 e. The largest absolute Gasteiger partial charge is 0.497 e. The number of carbonyl (C=O) groups excluding carboxylic acids is 1. The van der Waals surface area contributed by atoms with Gasteiger partial charge in [0.25, 0.3) is 5.91 Å². The van der Waals surface area contributed by atoms with Crippen LogP contribution in [0.5, 0.6) is 5.75 Å². The molecular weight excluding hydrogens is 372 g/mol. The Balaban J connectivity index is 1.41. The molecule has 2 N–H and O–H groups in total. The summed E-state index contributed by atoms with van der Waals surface area (Å²) in [7, 11) is 1.61. The number of aromatic nitrogens is 2. The first-order valence-corrected chi connectivity index (χ1v) is 10.4. The van der Waals surface area contributed by atoms with Crippen LogP contribution < -0.4 is 15.4 Å². The van der Waals surface area contributed by atoms with Gasteiger partial charge in [-0.15, -0.1) is 11.3 Å². The number of nitrogens with zero attached hydrogens (tertiary/aromatic N) is 2. The molecule has 1 aliphatic carbocycles. The van der Waals surface area contributed by atoms with Gasteiger partial charge in [-0.1, -0.05) is 0 Å². The Hall–Kier alpha value is -2.67. The van der Waals surface area contributed by atoms with E-state index >= 15 is 0 Å². The van der Waals surface area contributed by atoms with Crippen LogP contribution in [0.3, 0.4) is 0 Å². The molecule has 7 heteroatoms. The Labute approximate surface area is 168 Å². The quantitative estimate of drug-likeness (QED) is 0.621. The molecule has 1 amide bonds. The van der Waals surface area contributed by atoms with Gasteiger partial charge in [0.2, 0.25) is 0 Å². The first-order chi connectivity index (χ1) is 13.7. The van der Waals surface area contributed by atoms with E-state index in [4.69, 9.17) is 4.74 Å². The van der Waals surface area contributed by atoms with Crippen molar-refractivity contribution in [2.45, 2.75) is 32.6 Å². The molecule has 0 saturated carbocycles. The van der Waals surface area contributed by atoms with Crippen molar-refractivity contribution in [3.05, 3.63) is 46.1 Å². The summed E-state index contributed by atoms with van der Waals surface area (Å²) < 4.78 is 5.12. The van der Waals surface area contributed by atoms with Crippen LogP contribution in [0.15, 0.2) is 24.3 Å². The number of methoxy groups -OCH3 is 1. The van der Waals surface area contributed by atoms with Gasteiger partial charge in [0.1, 0.15) is 22.2 Å². The minimum Gasteiger partial charge on any atom is -0.497 e. The molecule has 0 radical (unpaired) electrons. The molecule has 1 aromatic carbocycles. The average Bonchev–Trinajstić information content (AvgIpc) is 3.09. The molecule has 0 aliphatic heterocycles. The number of fused-ring (bicyclic) bond motifs is 3. The molecule has 2 aromatic heterocycles. The number of aryl methyl sites for hydroxylation is 3. The van der Waals surface area contributed by atoms with Crippen molar-refractivity contribution in [1.29, 1.82) is 0 Å². The molecule has 3 aromatic rings. The van der Waals surface area contributed by atoms with Crippen molar-refractivity contribution in [2.75, 3.05) is 25.5 Å². The molecule has 0 atom stereocenters. The molecule has 0 spiro atoms. The van der Waals surface area contributed by atoms with Crippen molar-refractivity contribution < 1.29 is 9.53 Å². The number of thiophene rings is 1. The standard InChI is InChI=1S/C21H24N4O2S/c1-13-24-19(18-16-5-3-4-6-17(16)28-21(18)25-13)22-11-12-23-20(26)14-7-9-15(27-2)10-8-14/h7-10H,3-6,11-12H2,1-2H3,(H,23,26)(H,22,24,25). The molecule has 146 valence electrons. The zero-order chi connectivity index (χ0) is 19.5. The minimum atomic E-state index is -0.0959. The molecule has 6 nitrogen and oxygen atoms in total. The number of ether oxygens (including phenoxy) is 1. The number of nitrogens with one attached hydrogen (secondary N) is 2. The van der Waals surface area contributed by atoms with Gasteiger partial charge in [0, 0.05) is 23.5 Å². The summed E-state index contributed by atoms with van der Waals surface area (Å²) in [6.45, 7) is 3.05. The maximum atomic E-state index is 12.3. The van der Waals surface area contributed by atoms with E-state index in [-0.39, 0.29) is 5.91 Å². The lowest BCUT2D eigenvalue weighted by molar-refractivity contribution is 0.0955. The summed E-state index contributed by atoms with van der Waals surface area (Å²) in [5.74, 6) is 2.30. The van der Waals surface area contributed by atoms with Gasteiger partial charge < -0.3 is 15.4 Å². The van der Waals surface area contributed by atoms with Crippen LogP contribution in [0.2, 0.25) is 0 Å². The highest BCUT2D eigenvalue weighted by molar-refractivity contribution is 7.19. The number of amides is 1. The Morgan fingerprint density at radius 3 is 2.71 bits per heavy atom. The zero-order valence-corrected chi connectivity index (χ0v) is 17.0. The molecule has 28 heavy (non-hydrogen) atoms. The van der Waals surface area contributed by atoms with Crippen molar-refractivity contribution in [3.63, 3.8) is 0 Å². The van der Waals surface area contributed by atoms with E-state index in [2.05, 4.69) is 20.6 Å². The molecule has 4 rings (SSSR count). The summed E-state index contributed by atoms with van der Waals surface area (Å²) >= 11 is 1.80. The SMILES string of the molecule is COc1ccc(C(=O)NCCNc2nc(C)nc3sc4c(c23)CCCC4)cc1. The van der Waals surface area contributed by atoms with E-state index in [9.17, 15) is 4.79 Å². The van der Waals surface area contributed by atoms with Gasteiger partial charge in [-0.25, -0.2) is 9.97 Å². The number of hydrogen-bond donors (Lipinski definition) is 2. The number of rotatable bonds is 6. The normalized spacial score (nSPS) is 13.2. The van der Waals surface area contributed by atoms with Gasteiger partial charge in [0.15, 0.2) is 0 Å². The third-order valence-electron chi connectivity index (χ3n) is 4.98. The van der Waals surface area contributed by atoms with Gasteiger partial charge >= 0.3 is 0 Å². The van der Waals surface area contributed by atoms with E-state index in [0.29, 0.717) is 18.7 Å². The highest BCUT2D eigenvalue weighted by atomic mass is 32.1. The van der Waals surface area contributed by atoms with E-state index < -0.39 is 0 Å². The molecule has 1 aliphatic rings. The van der Waals surface area contributed by atoms with E-state index in [0.717, 1.165) is 35.1 Å². The van der Waals surface area contributed by atoms with Crippen molar-refractivity contribution >= 4 is 33.3 Å². The third kappa shape index (κ3) is 3.80. The Kier molecular flexibility index (Phi) is 5.43. The van der Waals surface area contributed by atoms with Crippen molar-refractivity contribution in [2.24, 2.45) is 0 Å². The van der Waals surface area contributed by atoms with E-state index in [1.54, 1.807) is 42.7 Å². The second kappa shape index (κ2) is 8.14. The highest BCUT2D eigenvalue weighted by Crippen LogP contribution is 2.38. The zero-order valence-electron chi connectivity index (χ0n) is 16.2. The number of anilines is 1. The van der Waals surface area contributed by atoms with Gasteiger partial charge in [-0.2, -0.15) is 0 Å². The van der Waals surface area contributed by atoms with Crippen LogP contribution in [0.4, 0.5) is 5.82 Å². The Morgan fingerprint density at radius 1 is 1.14 bits per heavy atom. The number of benzene rings is 1. The fourth-order valence-corrected chi connectivity index (χ4v) is 4.90. The fraction of sp³-hybridized carbons (Fsp3) is 0.381. The second-order valence-corrected chi connectivity index (χ2v) is 8.01. The molecule has 0 bridgehead atoms. The van der Waals surface area contributed by atoms with Crippen LogP contribution in [-0.2, 0) is 12.8 Å². The molecule has 0 fully saturated rings. The van der Waals surface area contributed by atoms with Gasteiger partial charge in [0.05, 0.1) is 12.5 Å². The van der Waals surface area contributed by atoms with E-state index in [1.807, 2.05) is 6.92 Å².